The van der Waals surface area contributed by atoms with Crippen LogP contribution in [0.3, 0.4) is 0 Å². The summed E-state index contributed by atoms with van der Waals surface area (Å²) < 4.78 is 5.64. The second-order valence-corrected chi connectivity index (χ2v) is 6.48. The van der Waals surface area contributed by atoms with Gasteiger partial charge in [-0.1, -0.05) is 30.3 Å². The van der Waals surface area contributed by atoms with Crippen molar-refractivity contribution < 1.29 is 14.1 Å². The molecule has 4 aromatic rings. The van der Waals surface area contributed by atoms with E-state index in [9.17, 15) is 20.2 Å². The maximum absolute atomic E-state index is 12.7. The highest BCUT2D eigenvalue weighted by molar-refractivity contribution is 6.12. The Labute approximate surface area is 176 Å². The molecular weight excluding hydrogens is 396 g/mol. The van der Waals surface area contributed by atoms with Gasteiger partial charge in [-0.05, 0) is 30.3 Å². The van der Waals surface area contributed by atoms with Crippen LogP contribution < -0.4 is 5.32 Å². The van der Waals surface area contributed by atoms with Gasteiger partial charge in [0.1, 0.15) is 23.2 Å². The first-order valence-corrected chi connectivity index (χ1v) is 9.17. The Morgan fingerprint density at radius 2 is 1.90 bits per heavy atom. The molecule has 4 rings (SSSR count). The largest absolute Gasteiger partial charge is 0.456 e. The zero-order valence-electron chi connectivity index (χ0n) is 16.0. The maximum atomic E-state index is 12.7. The number of nitrogens with one attached hydrogen (secondary N) is 1. The van der Waals surface area contributed by atoms with Crippen LogP contribution >= 0.6 is 0 Å². The molecule has 0 aliphatic rings. The van der Waals surface area contributed by atoms with Crippen LogP contribution in [0.4, 0.5) is 11.4 Å². The Morgan fingerprint density at radius 1 is 1.10 bits per heavy atom. The highest BCUT2D eigenvalue weighted by Crippen LogP contribution is 2.31. The van der Waals surface area contributed by atoms with Gasteiger partial charge in [0.15, 0.2) is 0 Å². The number of anilines is 1. The van der Waals surface area contributed by atoms with E-state index >= 15 is 0 Å². The van der Waals surface area contributed by atoms with Crippen LogP contribution in [0.2, 0.25) is 0 Å². The molecule has 1 amide bonds. The lowest BCUT2D eigenvalue weighted by molar-refractivity contribution is -0.384. The molecule has 0 fully saturated rings. The van der Waals surface area contributed by atoms with Crippen molar-refractivity contribution in [1.82, 2.24) is 4.98 Å². The van der Waals surface area contributed by atoms with Crippen molar-refractivity contribution in [2.75, 3.05) is 5.32 Å². The second kappa shape index (κ2) is 8.31. The quantitative estimate of drug-likeness (QED) is 0.215. The van der Waals surface area contributed by atoms with E-state index in [4.69, 9.17) is 4.42 Å². The van der Waals surface area contributed by atoms with Crippen LogP contribution in [0.1, 0.15) is 5.76 Å². The van der Waals surface area contributed by atoms with Gasteiger partial charge in [-0.15, -0.1) is 0 Å². The number of benzene rings is 2. The topological polar surface area (TPSA) is 122 Å². The number of furan rings is 1. The summed E-state index contributed by atoms with van der Waals surface area (Å²) in [4.78, 5) is 27.7. The minimum Gasteiger partial charge on any atom is -0.456 e. The van der Waals surface area contributed by atoms with E-state index in [-0.39, 0.29) is 22.8 Å². The number of pyridine rings is 1. The van der Waals surface area contributed by atoms with Gasteiger partial charge in [-0.25, -0.2) is 0 Å². The zero-order chi connectivity index (χ0) is 21.8. The number of hydrogen-bond donors (Lipinski definition) is 1. The summed E-state index contributed by atoms with van der Waals surface area (Å²) in [7, 11) is 0. The average Bonchev–Trinajstić information content (AvgIpc) is 3.26. The number of nitro benzene ring substituents is 1. The minimum atomic E-state index is -0.621. The van der Waals surface area contributed by atoms with Crippen LogP contribution in [-0.2, 0) is 4.79 Å². The van der Waals surface area contributed by atoms with Gasteiger partial charge in [0.25, 0.3) is 11.6 Å². The number of para-hydroxylation sites is 2. The van der Waals surface area contributed by atoms with Gasteiger partial charge >= 0.3 is 0 Å². The van der Waals surface area contributed by atoms with Crippen molar-refractivity contribution in [2.45, 2.75) is 0 Å². The Bertz CT molecular complexity index is 1380. The van der Waals surface area contributed by atoms with Gasteiger partial charge in [-0.2, -0.15) is 5.26 Å². The molecule has 2 aromatic carbocycles. The van der Waals surface area contributed by atoms with E-state index in [1.54, 1.807) is 48.7 Å². The molecule has 31 heavy (non-hydrogen) atoms. The predicted octanol–water partition coefficient (Wildman–Crippen LogP) is 4.95. The van der Waals surface area contributed by atoms with Crippen LogP contribution in [-0.4, -0.2) is 15.8 Å². The molecule has 1 N–H and O–H groups in total. The molecule has 0 saturated carbocycles. The second-order valence-electron chi connectivity index (χ2n) is 6.48. The van der Waals surface area contributed by atoms with Gasteiger partial charge in [0.05, 0.1) is 21.7 Å². The number of nitro groups is 1. The number of amides is 1. The molecule has 8 heteroatoms. The van der Waals surface area contributed by atoms with E-state index < -0.39 is 10.8 Å². The number of nitriles is 1. The lowest BCUT2D eigenvalue weighted by atomic mass is 10.1. The SMILES string of the molecule is N#C/C(=C/c1ccc(-c2ccccc2[N+](=O)[O-])o1)C(=O)Nc1cccc2cccnc12. The monoisotopic (exact) mass is 410 g/mol. The van der Waals surface area contributed by atoms with E-state index in [2.05, 4.69) is 10.3 Å². The van der Waals surface area contributed by atoms with Gasteiger partial charge in [0.2, 0.25) is 0 Å². The molecule has 8 nitrogen and oxygen atoms in total. The van der Waals surface area contributed by atoms with E-state index in [0.29, 0.717) is 16.8 Å². The van der Waals surface area contributed by atoms with Gasteiger partial charge in [-0.3, -0.25) is 19.9 Å². The third kappa shape index (κ3) is 4.02. The summed E-state index contributed by atoms with van der Waals surface area (Å²) in [6.07, 6.45) is 2.90. The van der Waals surface area contributed by atoms with Crippen molar-refractivity contribution >= 4 is 34.3 Å². The van der Waals surface area contributed by atoms with Crippen LogP contribution in [0.15, 0.2) is 82.9 Å². The molecule has 0 atom stereocenters. The van der Waals surface area contributed by atoms with E-state index in [1.165, 1.54) is 18.2 Å². The lowest BCUT2D eigenvalue weighted by Crippen LogP contribution is -2.13. The maximum Gasteiger partial charge on any atom is 0.280 e. The molecule has 0 spiro atoms. The molecule has 2 aromatic heterocycles. The van der Waals surface area contributed by atoms with E-state index in [1.807, 2.05) is 18.2 Å². The molecule has 0 radical (unpaired) electrons. The molecule has 150 valence electrons. The molecule has 0 saturated heterocycles. The summed E-state index contributed by atoms with van der Waals surface area (Å²) in [6, 6.07) is 20.1. The third-order valence-electron chi connectivity index (χ3n) is 4.53. The van der Waals surface area contributed by atoms with Crippen LogP contribution in [0.5, 0.6) is 0 Å². The molecule has 0 aliphatic heterocycles. The molecule has 2 heterocycles. The molecular formula is C23H14N4O4. The van der Waals surface area contributed by atoms with Crippen molar-refractivity contribution in [3.63, 3.8) is 0 Å². The number of carbonyl (C=O) groups excluding carboxylic acids is 1. The van der Waals surface area contributed by atoms with Crippen molar-refractivity contribution in [1.29, 1.82) is 5.26 Å². The first-order chi connectivity index (χ1) is 15.1. The fraction of sp³-hybridized carbons (Fsp3) is 0. The van der Waals surface area contributed by atoms with Gasteiger partial charge < -0.3 is 9.73 Å². The molecule has 0 unspecified atom stereocenters. The van der Waals surface area contributed by atoms with Crippen LogP contribution in [0.25, 0.3) is 28.3 Å². The number of nitrogens with zero attached hydrogens (tertiary/aromatic N) is 3. The Hall–Kier alpha value is -4.77. The average molecular weight is 410 g/mol. The fourth-order valence-electron chi connectivity index (χ4n) is 3.10. The normalized spacial score (nSPS) is 11.1. The number of rotatable bonds is 5. The number of carbonyl (C=O) groups is 1. The number of hydrogen-bond acceptors (Lipinski definition) is 6. The molecule has 0 bridgehead atoms. The summed E-state index contributed by atoms with van der Waals surface area (Å²) in [5.41, 5.74) is 1.10. The Balaban J connectivity index is 1.62. The third-order valence-corrected chi connectivity index (χ3v) is 4.53. The standard InChI is InChI=1S/C23H14N4O4/c24-14-16(23(28)26-19-8-3-5-15-6-4-12-25-22(15)19)13-17-10-11-21(31-17)18-7-1-2-9-20(18)27(29)30/h1-13H,(H,26,28)/b16-13-. The van der Waals surface area contributed by atoms with Crippen molar-refractivity contribution in [2.24, 2.45) is 0 Å². The lowest BCUT2D eigenvalue weighted by Gasteiger charge is -2.07. The molecule has 0 aliphatic carbocycles. The smallest absolute Gasteiger partial charge is 0.280 e. The fourth-order valence-corrected chi connectivity index (χ4v) is 3.10. The van der Waals surface area contributed by atoms with Crippen LogP contribution in [0, 0.1) is 21.4 Å². The first-order valence-electron chi connectivity index (χ1n) is 9.17. The summed E-state index contributed by atoms with van der Waals surface area (Å²) in [5.74, 6) is -0.144. The van der Waals surface area contributed by atoms with Crippen molar-refractivity contribution in [3.05, 3.63) is 94.4 Å². The Kier molecular flexibility index (Phi) is 5.24. The van der Waals surface area contributed by atoms with Gasteiger partial charge in [0, 0.05) is 23.7 Å². The Morgan fingerprint density at radius 3 is 2.71 bits per heavy atom. The van der Waals surface area contributed by atoms with E-state index in [0.717, 1.165) is 5.39 Å². The first kappa shape index (κ1) is 19.5. The summed E-state index contributed by atoms with van der Waals surface area (Å²) in [6.45, 7) is 0. The number of fused-ring (bicyclic) bond motifs is 1. The zero-order valence-corrected chi connectivity index (χ0v) is 16.0. The summed E-state index contributed by atoms with van der Waals surface area (Å²) >= 11 is 0. The number of aromatic nitrogens is 1. The highest BCUT2D eigenvalue weighted by atomic mass is 16.6. The minimum absolute atomic E-state index is 0.103. The summed E-state index contributed by atoms with van der Waals surface area (Å²) in [5, 5.41) is 24.2. The van der Waals surface area contributed by atoms with Crippen molar-refractivity contribution in [3.8, 4) is 17.4 Å². The predicted molar refractivity (Wildman–Crippen MR) is 115 cm³/mol. The highest BCUT2D eigenvalue weighted by Gasteiger charge is 2.18.